The molecule has 3 heterocycles. The first-order chi connectivity index (χ1) is 13.6. The second-order valence-corrected chi connectivity index (χ2v) is 7.68. The number of carbonyl (C=O) groups is 1. The molecule has 1 aliphatic carbocycles. The van der Waals surface area contributed by atoms with Crippen molar-refractivity contribution in [3.8, 4) is 11.3 Å². The number of carbonyl (C=O) groups excluding carboxylic acids is 1. The molecule has 3 aromatic rings. The fourth-order valence-electron chi connectivity index (χ4n) is 3.71. The molecule has 2 fully saturated rings. The van der Waals surface area contributed by atoms with Gasteiger partial charge in [-0.05, 0) is 50.2 Å². The van der Waals surface area contributed by atoms with E-state index in [1.807, 2.05) is 11.0 Å². The van der Waals surface area contributed by atoms with Crippen LogP contribution in [0.25, 0.3) is 22.4 Å². The number of hydrogen-bond donors (Lipinski definition) is 0. The third-order valence-corrected chi connectivity index (χ3v) is 5.60. The summed E-state index contributed by atoms with van der Waals surface area (Å²) in [7, 11) is 2.06. The molecule has 5 rings (SSSR count). The molecule has 1 saturated heterocycles. The Kier molecular flexibility index (Phi) is 4.12. The average Bonchev–Trinajstić information content (AvgIpc) is 3.48. The van der Waals surface area contributed by atoms with Gasteiger partial charge in [0, 0.05) is 43.4 Å². The molecule has 2 aromatic heterocycles. The van der Waals surface area contributed by atoms with Gasteiger partial charge in [0.15, 0.2) is 0 Å². The van der Waals surface area contributed by atoms with Gasteiger partial charge >= 0.3 is 0 Å². The number of aromatic nitrogens is 2. The van der Waals surface area contributed by atoms with E-state index in [9.17, 15) is 9.18 Å². The van der Waals surface area contributed by atoms with E-state index in [4.69, 9.17) is 4.52 Å². The summed E-state index contributed by atoms with van der Waals surface area (Å²) in [6, 6.07) is 7.95. The van der Waals surface area contributed by atoms with Crippen molar-refractivity contribution in [2.75, 3.05) is 33.2 Å². The zero-order chi connectivity index (χ0) is 19.3. The molecule has 0 atom stereocenters. The number of rotatable bonds is 3. The van der Waals surface area contributed by atoms with Crippen LogP contribution < -0.4 is 0 Å². The van der Waals surface area contributed by atoms with Crippen LogP contribution in [0.1, 0.15) is 34.8 Å². The Labute approximate surface area is 161 Å². The van der Waals surface area contributed by atoms with Crippen LogP contribution in [-0.2, 0) is 0 Å². The van der Waals surface area contributed by atoms with Gasteiger partial charge in [0.1, 0.15) is 11.5 Å². The first kappa shape index (κ1) is 17.3. The van der Waals surface area contributed by atoms with Crippen molar-refractivity contribution in [2.45, 2.75) is 18.8 Å². The Bertz CT molecular complexity index is 1030. The highest BCUT2D eigenvalue weighted by Gasteiger charge is 2.31. The zero-order valence-electron chi connectivity index (χ0n) is 15.7. The van der Waals surface area contributed by atoms with E-state index in [1.54, 1.807) is 12.1 Å². The molecule has 28 heavy (non-hydrogen) atoms. The van der Waals surface area contributed by atoms with E-state index in [-0.39, 0.29) is 11.7 Å². The lowest BCUT2D eigenvalue weighted by Crippen LogP contribution is -2.47. The maximum absolute atomic E-state index is 13.4. The molecule has 0 spiro atoms. The van der Waals surface area contributed by atoms with Crippen LogP contribution in [-0.4, -0.2) is 59.1 Å². The number of halogens is 1. The van der Waals surface area contributed by atoms with E-state index in [1.165, 1.54) is 12.1 Å². The summed E-state index contributed by atoms with van der Waals surface area (Å²) in [5.41, 5.74) is 3.08. The Balaban J connectivity index is 1.63. The summed E-state index contributed by atoms with van der Waals surface area (Å²) in [6.07, 6.45) is 2.17. The van der Waals surface area contributed by atoms with Gasteiger partial charge in [-0.1, -0.05) is 5.16 Å². The minimum absolute atomic E-state index is 0.0195. The van der Waals surface area contributed by atoms with Crippen LogP contribution in [0.3, 0.4) is 0 Å². The zero-order valence-corrected chi connectivity index (χ0v) is 15.7. The van der Waals surface area contributed by atoms with Crippen LogP contribution in [0.2, 0.25) is 0 Å². The van der Waals surface area contributed by atoms with Gasteiger partial charge < -0.3 is 14.3 Å². The van der Waals surface area contributed by atoms with E-state index in [0.717, 1.165) is 31.6 Å². The van der Waals surface area contributed by atoms with E-state index in [0.29, 0.717) is 46.9 Å². The largest absolute Gasteiger partial charge is 0.336 e. The minimum atomic E-state index is -0.320. The summed E-state index contributed by atoms with van der Waals surface area (Å²) in [5.74, 6) is 0.0520. The SMILES string of the molecule is CN1CCN(C(=O)c2cc(C3CC3)nc3onc(-c4ccc(F)cc4)c23)CC1. The molecule has 144 valence electrons. The molecule has 6 nitrogen and oxygen atoms in total. The predicted molar refractivity (Wildman–Crippen MR) is 103 cm³/mol. The lowest BCUT2D eigenvalue weighted by atomic mass is 10.0. The monoisotopic (exact) mass is 380 g/mol. The number of amides is 1. The molecule has 1 amide bonds. The van der Waals surface area contributed by atoms with Gasteiger partial charge in [0.05, 0.1) is 10.9 Å². The van der Waals surface area contributed by atoms with Gasteiger partial charge in [-0.2, -0.15) is 0 Å². The van der Waals surface area contributed by atoms with Crippen LogP contribution in [0.15, 0.2) is 34.9 Å². The Morgan fingerprint density at radius 2 is 1.86 bits per heavy atom. The summed E-state index contributed by atoms with van der Waals surface area (Å²) in [6.45, 7) is 3.08. The lowest BCUT2D eigenvalue weighted by molar-refractivity contribution is 0.0666. The quantitative estimate of drug-likeness (QED) is 0.698. The molecule has 0 unspecified atom stereocenters. The second-order valence-electron chi connectivity index (χ2n) is 7.68. The molecule has 1 saturated carbocycles. The molecule has 1 aromatic carbocycles. The molecular formula is C21H21FN4O2. The van der Waals surface area contributed by atoms with Crippen LogP contribution in [0.4, 0.5) is 4.39 Å². The van der Waals surface area contributed by atoms with Gasteiger partial charge in [0.2, 0.25) is 0 Å². The van der Waals surface area contributed by atoms with Crippen molar-refractivity contribution in [1.82, 2.24) is 19.9 Å². The summed E-state index contributed by atoms with van der Waals surface area (Å²) in [5, 5.41) is 4.79. The van der Waals surface area contributed by atoms with Gasteiger partial charge in [-0.3, -0.25) is 4.79 Å². The maximum Gasteiger partial charge on any atom is 0.259 e. The highest BCUT2D eigenvalue weighted by atomic mass is 19.1. The molecule has 1 aliphatic heterocycles. The second kappa shape index (κ2) is 6.67. The topological polar surface area (TPSA) is 62.5 Å². The van der Waals surface area contributed by atoms with Crippen molar-refractivity contribution in [2.24, 2.45) is 0 Å². The van der Waals surface area contributed by atoms with Gasteiger partial charge in [-0.15, -0.1) is 0 Å². The van der Waals surface area contributed by atoms with Crippen LogP contribution in [0, 0.1) is 5.82 Å². The Morgan fingerprint density at radius 1 is 1.14 bits per heavy atom. The number of piperazine rings is 1. The van der Waals surface area contributed by atoms with Crippen molar-refractivity contribution >= 4 is 17.0 Å². The standard InChI is InChI=1S/C21H21FN4O2/c1-25-8-10-26(11-9-25)21(27)16-12-17(13-2-3-13)23-20-18(16)19(24-28-20)14-4-6-15(22)7-5-14/h4-7,12-13H,2-3,8-11H2,1H3. The third kappa shape index (κ3) is 3.05. The van der Waals surface area contributed by atoms with E-state index >= 15 is 0 Å². The molecule has 0 N–H and O–H groups in total. The van der Waals surface area contributed by atoms with Crippen molar-refractivity contribution in [3.05, 3.63) is 47.4 Å². The number of pyridine rings is 1. The number of nitrogens with zero attached hydrogens (tertiary/aromatic N) is 4. The number of hydrogen-bond acceptors (Lipinski definition) is 5. The van der Waals surface area contributed by atoms with E-state index in [2.05, 4.69) is 22.1 Å². The third-order valence-electron chi connectivity index (χ3n) is 5.60. The van der Waals surface area contributed by atoms with Crippen molar-refractivity contribution < 1.29 is 13.7 Å². The summed E-state index contributed by atoms with van der Waals surface area (Å²) < 4.78 is 18.9. The first-order valence-electron chi connectivity index (χ1n) is 9.64. The van der Waals surface area contributed by atoms with E-state index < -0.39 is 0 Å². The maximum atomic E-state index is 13.4. The number of likely N-dealkylation sites (N-methyl/N-ethyl adjacent to an activating group) is 1. The molecule has 2 aliphatic rings. The van der Waals surface area contributed by atoms with Gasteiger partial charge in [0.25, 0.3) is 11.6 Å². The number of benzene rings is 1. The molecule has 0 bridgehead atoms. The molecular weight excluding hydrogens is 359 g/mol. The minimum Gasteiger partial charge on any atom is -0.336 e. The summed E-state index contributed by atoms with van der Waals surface area (Å²) >= 11 is 0. The van der Waals surface area contributed by atoms with Gasteiger partial charge in [-0.25, -0.2) is 9.37 Å². The number of fused-ring (bicyclic) bond motifs is 1. The van der Waals surface area contributed by atoms with Crippen LogP contribution >= 0.6 is 0 Å². The fourth-order valence-corrected chi connectivity index (χ4v) is 3.71. The Hall–Kier alpha value is -2.80. The highest BCUT2D eigenvalue weighted by Crippen LogP contribution is 2.41. The highest BCUT2D eigenvalue weighted by molar-refractivity contribution is 6.09. The normalized spacial score (nSPS) is 18.0. The Morgan fingerprint density at radius 3 is 2.54 bits per heavy atom. The fraction of sp³-hybridized carbons (Fsp3) is 0.381. The summed E-state index contributed by atoms with van der Waals surface area (Å²) in [4.78, 5) is 22.1. The molecule has 7 heteroatoms. The van der Waals surface area contributed by atoms with Crippen molar-refractivity contribution in [3.63, 3.8) is 0 Å². The average molecular weight is 380 g/mol. The van der Waals surface area contributed by atoms with Crippen molar-refractivity contribution in [1.29, 1.82) is 0 Å². The molecule has 0 radical (unpaired) electrons. The smallest absolute Gasteiger partial charge is 0.259 e. The predicted octanol–water partition coefficient (Wildman–Crippen LogP) is 3.29. The lowest BCUT2D eigenvalue weighted by Gasteiger charge is -2.32. The first-order valence-corrected chi connectivity index (χ1v) is 9.64. The van der Waals surface area contributed by atoms with Crippen LogP contribution in [0.5, 0.6) is 0 Å².